The zero-order chi connectivity index (χ0) is 21.3. The molecule has 4 nitrogen and oxygen atoms in total. The molecule has 1 N–H and O–H groups in total. The quantitative estimate of drug-likeness (QED) is 0.631. The van der Waals surface area contributed by atoms with Gasteiger partial charge < -0.3 is 0 Å². The van der Waals surface area contributed by atoms with Crippen LogP contribution < -0.4 is 21.3 Å². The second-order valence-corrected chi connectivity index (χ2v) is 11.5. The van der Waals surface area contributed by atoms with E-state index >= 15 is 0 Å². The summed E-state index contributed by atoms with van der Waals surface area (Å²) in [5, 5.41) is 6.20. The molecule has 0 bridgehead atoms. The van der Waals surface area contributed by atoms with Crippen LogP contribution in [0.3, 0.4) is 0 Å². The van der Waals surface area contributed by atoms with Crippen LogP contribution in [0.2, 0.25) is 0 Å². The summed E-state index contributed by atoms with van der Waals surface area (Å²) in [5.74, 6) is 0.928. The van der Waals surface area contributed by atoms with E-state index in [1.807, 2.05) is 13.1 Å². The fourth-order valence-electron chi connectivity index (χ4n) is 4.43. The molecule has 0 saturated heterocycles. The van der Waals surface area contributed by atoms with E-state index in [1.165, 1.54) is 15.9 Å². The fourth-order valence-corrected chi connectivity index (χ4v) is 8.68. The molecule has 0 aromatic heterocycles. The first kappa shape index (κ1) is 19.9. The van der Waals surface area contributed by atoms with Crippen LogP contribution in [0.15, 0.2) is 113 Å². The van der Waals surface area contributed by atoms with Crippen molar-refractivity contribution in [2.75, 3.05) is 6.16 Å². The highest BCUT2D eigenvalue weighted by molar-refractivity contribution is 7.95. The summed E-state index contributed by atoms with van der Waals surface area (Å²) in [5.41, 5.74) is 5.66. The molecule has 0 fully saturated rings. The lowest BCUT2D eigenvalue weighted by molar-refractivity contribution is 0.371. The molecule has 31 heavy (non-hydrogen) atoms. The summed E-state index contributed by atoms with van der Waals surface area (Å²) >= 11 is 0. The first-order chi connectivity index (χ1) is 15.2. The summed E-state index contributed by atoms with van der Waals surface area (Å²) in [6, 6.07) is 32.9. The summed E-state index contributed by atoms with van der Waals surface area (Å²) in [6.07, 6.45) is 2.76. The Balaban J connectivity index is 1.67. The van der Waals surface area contributed by atoms with Gasteiger partial charge in [-0.3, -0.25) is 10.0 Å². The zero-order valence-corrected chi connectivity index (χ0v) is 18.7. The van der Waals surface area contributed by atoms with Gasteiger partial charge in [-0.15, -0.1) is 0 Å². The van der Waals surface area contributed by atoms with Crippen LogP contribution in [0.1, 0.15) is 13.8 Å². The smallest absolute Gasteiger partial charge is 0.166 e. The second-order valence-electron chi connectivity index (χ2n) is 7.92. The molecule has 2 aliphatic rings. The van der Waals surface area contributed by atoms with Crippen molar-refractivity contribution in [2.24, 2.45) is 9.98 Å². The first-order valence-corrected chi connectivity index (χ1v) is 12.6. The van der Waals surface area contributed by atoms with Crippen molar-refractivity contribution >= 4 is 34.7 Å². The van der Waals surface area contributed by atoms with Crippen LogP contribution in [-0.4, -0.2) is 28.9 Å². The number of hydrazine groups is 1. The molecule has 1 unspecified atom stereocenters. The zero-order valence-electron chi connectivity index (χ0n) is 17.8. The molecule has 2 heterocycles. The molecule has 1 atom stereocenters. The van der Waals surface area contributed by atoms with Gasteiger partial charge in [0.2, 0.25) is 0 Å². The standard InChI is InChI=1S/C26H26N4P/c1-20-18-27-21(2)26-28-25(29-30(20)26)19-31(22-12-6-3-7-13-22,23-14-8-4-9-15-23)24-16-10-5-11-17-24/h3-18,25,29H,19H2,1-2H3/q+1. The third-order valence-electron chi connectivity index (χ3n) is 5.93. The molecule has 154 valence electrons. The van der Waals surface area contributed by atoms with Crippen molar-refractivity contribution < 1.29 is 0 Å². The van der Waals surface area contributed by atoms with Gasteiger partial charge in [0.1, 0.15) is 29.3 Å². The van der Waals surface area contributed by atoms with Crippen molar-refractivity contribution in [1.82, 2.24) is 10.4 Å². The number of fused-ring (bicyclic) bond motifs is 1. The molecule has 3 aromatic rings. The lowest BCUT2D eigenvalue weighted by Crippen LogP contribution is -2.45. The molecule has 5 rings (SSSR count). The predicted molar refractivity (Wildman–Crippen MR) is 133 cm³/mol. The Kier molecular flexibility index (Phi) is 5.27. The third-order valence-corrected chi connectivity index (χ3v) is 10.4. The van der Waals surface area contributed by atoms with Crippen LogP contribution >= 0.6 is 7.26 Å². The van der Waals surface area contributed by atoms with E-state index in [9.17, 15) is 0 Å². The molecular weight excluding hydrogens is 399 g/mol. The maximum atomic E-state index is 5.09. The van der Waals surface area contributed by atoms with Crippen LogP contribution in [-0.2, 0) is 0 Å². The van der Waals surface area contributed by atoms with Gasteiger partial charge in [-0.2, -0.15) is 0 Å². The van der Waals surface area contributed by atoms with E-state index < -0.39 is 7.26 Å². The van der Waals surface area contributed by atoms with Gasteiger partial charge >= 0.3 is 0 Å². The van der Waals surface area contributed by atoms with Gasteiger partial charge in [0.05, 0.1) is 11.4 Å². The predicted octanol–water partition coefficient (Wildman–Crippen LogP) is 3.86. The Morgan fingerprint density at radius 2 is 1.26 bits per heavy atom. The highest BCUT2D eigenvalue weighted by Gasteiger charge is 2.48. The number of nitrogens with one attached hydrogen (secondary N) is 1. The van der Waals surface area contributed by atoms with Crippen molar-refractivity contribution in [3.8, 4) is 0 Å². The minimum Gasteiger partial charge on any atom is -0.259 e. The topological polar surface area (TPSA) is 40.0 Å². The monoisotopic (exact) mass is 425 g/mol. The third kappa shape index (κ3) is 3.52. The Hall–Kier alpha value is -3.07. The van der Waals surface area contributed by atoms with Crippen LogP contribution in [0.5, 0.6) is 0 Å². The maximum absolute atomic E-state index is 5.09. The number of rotatable bonds is 5. The molecule has 0 amide bonds. The largest absolute Gasteiger partial charge is 0.259 e. The van der Waals surface area contributed by atoms with E-state index in [4.69, 9.17) is 4.99 Å². The number of allylic oxidation sites excluding steroid dienone is 1. The van der Waals surface area contributed by atoms with Gasteiger partial charge in [-0.05, 0) is 50.2 Å². The number of nitrogens with zero attached hydrogens (tertiary/aromatic N) is 3. The summed E-state index contributed by atoms with van der Waals surface area (Å²) < 4.78 is 0. The average molecular weight is 425 g/mol. The van der Waals surface area contributed by atoms with Crippen molar-refractivity contribution in [3.63, 3.8) is 0 Å². The molecule has 0 radical (unpaired) electrons. The fraction of sp³-hybridized carbons (Fsp3) is 0.154. The Morgan fingerprint density at radius 3 is 1.71 bits per heavy atom. The normalized spacial score (nSPS) is 18.2. The van der Waals surface area contributed by atoms with Crippen LogP contribution in [0, 0.1) is 0 Å². The number of hydrogen-bond acceptors (Lipinski definition) is 4. The first-order valence-electron chi connectivity index (χ1n) is 10.6. The highest BCUT2D eigenvalue weighted by Crippen LogP contribution is 2.56. The second kappa shape index (κ2) is 8.22. The van der Waals surface area contributed by atoms with E-state index in [2.05, 4.69) is 113 Å². The number of aliphatic imine (C=N–C) groups is 2. The number of benzene rings is 3. The van der Waals surface area contributed by atoms with Crippen LogP contribution in [0.4, 0.5) is 0 Å². The van der Waals surface area contributed by atoms with E-state index in [1.54, 1.807) is 0 Å². The number of amidine groups is 1. The van der Waals surface area contributed by atoms with Crippen molar-refractivity contribution in [1.29, 1.82) is 0 Å². The maximum Gasteiger partial charge on any atom is 0.166 e. The Morgan fingerprint density at radius 1 is 0.774 bits per heavy atom. The van der Waals surface area contributed by atoms with Gasteiger partial charge in [-0.25, -0.2) is 10.4 Å². The van der Waals surface area contributed by atoms with Crippen LogP contribution in [0.25, 0.3) is 0 Å². The summed E-state index contributed by atoms with van der Waals surface area (Å²) in [4.78, 5) is 9.60. The van der Waals surface area contributed by atoms with E-state index in [-0.39, 0.29) is 6.17 Å². The Bertz CT molecular complexity index is 1060. The van der Waals surface area contributed by atoms with Gasteiger partial charge in [-0.1, -0.05) is 54.6 Å². The molecule has 3 aromatic carbocycles. The summed E-state index contributed by atoms with van der Waals surface area (Å²) in [6.45, 7) is 4.08. The summed E-state index contributed by atoms with van der Waals surface area (Å²) in [7, 11) is -1.95. The minimum absolute atomic E-state index is 0.0319. The molecule has 5 heteroatoms. The molecule has 0 aliphatic carbocycles. The SMILES string of the molecule is CC1=CN=C(C)C2=NC(C[P+](c3ccccc3)(c3ccccc3)c3ccccc3)NN12. The van der Waals surface area contributed by atoms with E-state index in [0.717, 1.165) is 23.4 Å². The Labute approximate surface area is 184 Å². The molecule has 0 spiro atoms. The van der Waals surface area contributed by atoms with Gasteiger partial charge in [0.15, 0.2) is 12.0 Å². The minimum atomic E-state index is -1.95. The van der Waals surface area contributed by atoms with Gasteiger partial charge in [0.25, 0.3) is 0 Å². The van der Waals surface area contributed by atoms with E-state index in [0.29, 0.717) is 0 Å². The van der Waals surface area contributed by atoms with Gasteiger partial charge in [0, 0.05) is 6.20 Å². The lowest BCUT2D eigenvalue weighted by Gasteiger charge is -2.30. The average Bonchev–Trinajstić information content (AvgIpc) is 3.27. The highest BCUT2D eigenvalue weighted by atomic mass is 31.2. The molecular formula is C26H26N4P+. The molecule has 0 saturated carbocycles. The van der Waals surface area contributed by atoms with Crippen molar-refractivity contribution in [2.45, 2.75) is 20.0 Å². The van der Waals surface area contributed by atoms with Crippen molar-refractivity contribution in [3.05, 3.63) is 103 Å². The molecule has 2 aliphatic heterocycles. The lowest BCUT2D eigenvalue weighted by atomic mass is 10.3. The number of hydrogen-bond donors (Lipinski definition) is 1.